The van der Waals surface area contributed by atoms with Crippen molar-refractivity contribution < 1.29 is 19.1 Å². The first-order chi connectivity index (χ1) is 12.5. The van der Waals surface area contributed by atoms with E-state index < -0.39 is 12.2 Å². The molecule has 26 heavy (non-hydrogen) atoms. The zero-order valence-corrected chi connectivity index (χ0v) is 15.4. The standard InChI is InChI=1S/C18H16Cl2N2O4/c1-25-16-6-5-13(8-15(16)20)22-10-14(26-18(22)24)9-21-17(23)11-3-2-4-12(19)7-11/h2-8,14H,9-10H2,1H3,(H,21,23). The third-order valence-corrected chi connectivity index (χ3v) is 4.43. The summed E-state index contributed by atoms with van der Waals surface area (Å²) >= 11 is 12.0. The summed E-state index contributed by atoms with van der Waals surface area (Å²) in [6.07, 6.45) is -0.959. The van der Waals surface area contributed by atoms with Crippen LogP contribution in [0.15, 0.2) is 42.5 Å². The number of ether oxygens (including phenoxy) is 2. The monoisotopic (exact) mass is 394 g/mol. The first-order valence-corrected chi connectivity index (χ1v) is 8.59. The molecule has 0 bridgehead atoms. The second-order valence-electron chi connectivity index (χ2n) is 5.66. The topological polar surface area (TPSA) is 67.9 Å². The molecule has 1 heterocycles. The van der Waals surface area contributed by atoms with Crippen molar-refractivity contribution in [3.05, 3.63) is 58.1 Å². The minimum Gasteiger partial charge on any atom is -0.495 e. The molecule has 8 heteroatoms. The molecule has 2 aromatic carbocycles. The van der Waals surface area contributed by atoms with Crippen molar-refractivity contribution >= 4 is 40.9 Å². The highest BCUT2D eigenvalue weighted by Gasteiger charge is 2.32. The number of hydrogen-bond donors (Lipinski definition) is 1. The Morgan fingerprint density at radius 1 is 1.31 bits per heavy atom. The second-order valence-corrected chi connectivity index (χ2v) is 6.50. The first-order valence-electron chi connectivity index (χ1n) is 7.83. The summed E-state index contributed by atoms with van der Waals surface area (Å²) in [7, 11) is 1.52. The number of hydrogen-bond acceptors (Lipinski definition) is 4. The Morgan fingerprint density at radius 2 is 2.12 bits per heavy atom. The molecule has 0 saturated carbocycles. The largest absolute Gasteiger partial charge is 0.495 e. The Hall–Kier alpha value is -2.44. The number of halogens is 2. The van der Waals surface area contributed by atoms with Crippen LogP contribution in [0.5, 0.6) is 5.75 Å². The van der Waals surface area contributed by atoms with Crippen molar-refractivity contribution in [1.29, 1.82) is 0 Å². The van der Waals surface area contributed by atoms with Gasteiger partial charge in [-0.1, -0.05) is 29.3 Å². The average Bonchev–Trinajstić information content (AvgIpc) is 3.00. The molecule has 1 aliphatic rings. The van der Waals surface area contributed by atoms with Gasteiger partial charge in [-0.05, 0) is 36.4 Å². The fourth-order valence-corrected chi connectivity index (χ4v) is 3.04. The number of amides is 2. The highest BCUT2D eigenvalue weighted by molar-refractivity contribution is 6.32. The van der Waals surface area contributed by atoms with Crippen LogP contribution >= 0.6 is 23.2 Å². The summed E-state index contributed by atoms with van der Waals surface area (Å²) in [6, 6.07) is 11.7. The number of carbonyl (C=O) groups excluding carboxylic acids is 2. The molecule has 1 saturated heterocycles. The number of rotatable bonds is 5. The third kappa shape index (κ3) is 4.03. The lowest BCUT2D eigenvalue weighted by atomic mass is 10.2. The number of cyclic esters (lactones) is 1. The van der Waals surface area contributed by atoms with Gasteiger partial charge in [0, 0.05) is 16.3 Å². The molecule has 1 atom stereocenters. The lowest BCUT2D eigenvalue weighted by Gasteiger charge is -2.14. The van der Waals surface area contributed by atoms with Crippen LogP contribution in [0.25, 0.3) is 0 Å². The number of nitrogens with zero attached hydrogens (tertiary/aromatic N) is 1. The van der Waals surface area contributed by atoms with Gasteiger partial charge >= 0.3 is 6.09 Å². The molecule has 0 spiro atoms. The van der Waals surface area contributed by atoms with Crippen molar-refractivity contribution in [2.24, 2.45) is 0 Å². The van der Waals surface area contributed by atoms with Gasteiger partial charge in [0.2, 0.25) is 0 Å². The molecule has 1 unspecified atom stereocenters. The van der Waals surface area contributed by atoms with Crippen LogP contribution in [-0.4, -0.2) is 38.3 Å². The van der Waals surface area contributed by atoms with Gasteiger partial charge < -0.3 is 14.8 Å². The first kappa shape index (κ1) is 18.4. The van der Waals surface area contributed by atoms with E-state index >= 15 is 0 Å². The molecule has 0 aromatic heterocycles. The van der Waals surface area contributed by atoms with Gasteiger partial charge in [-0.25, -0.2) is 4.79 Å². The zero-order valence-electron chi connectivity index (χ0n) is 13.9. The number of methoxy groups -OCH3 is 1. The smallest absolute Gasteiger partial charge is 0.414 e. The van der Waals surface area contributed by atoms with Crippen LogP contribution in [-0.2, 0) is 4.74 Å². The predicted octanol–water partition coefficient (Wildman–Crippen LogP) is 3.76. The number of anilines is 1. The van der Waals surface area contributed by atoms with Gasteiger partial charge in [-0.15, -0.1) is 0 Å². The Kier molecular flexibility index (Phi) is 5.54. The summed E-state index contributed by atoms with van der Waals surface area (Å²) in [6.45, 7) is 0.495. The van der Waals surface area contributed by atoms with Crippen LogP contribution in [0, 0.1) is 0 Å². The van der Waals surface area contributed by atoms with E-state index in [1.165, 1.54) is 12.0 Å². The van der Waals surface area contributed by atoms with Crippen molar-refractivity contribution in [1.82, 2.24) is 5.32 Å². The average molecular weight is 395 g/mol. The molecule has 1 N–H and O–H groups in total. The molecule has 1 aliphatic heterocycles. The van der Waals surface area contributed by atoms with Crippen molar-refractivity contribution in [2.45, 2.75) is 6.10 Å². The molecule has 2 amide bonds. The fraction of sp³-hybridized carbons (Fsp3) is 0.222. The van der Waals surface area contributed by atoms with Crippen molar-refractivity contribution in [3.63, 3.8) is 0 Å². The quantitative estimate of drug-likeness (QED) is 0.837. The number of nitrogens with one attached hydrogen (secondary N) is 1. The highest BCUT2D eigenvalue weighted by Crippen LogP contribution is 2.31. The molecule has 136 valence electrons. The minimum absolute atomic E-state index is 0.192. The van der Waals surface area contributed by atoms with Crippen LogP contribution < -0.4 is 15.0 Å². The van der Waals surface area contributed by atoms with E-state index in [1.54, 1.807) is 42.5 Å². The summed E-state index contributed by atoms with van der Waals surface area (Å²) < 4.78 is 10.4. The fourth-order valence-electron chi connectivity index (χ4n) is 2.60. The molecular weight excluding hydrogens is 379 g/mol. The SMILES string of the molecule is COc1ccc(N2CC(CNC(=O)c3cccc(Cl)c3)OC2=O)cc1Cl. The third-order valence-electron chi connectivity index (χ3n) is 3.90. The molecular formula is C18H16Cl2N2O4. The van der Waals surface area contributed by atoms with Gasteiger partial charge in [0.15, 0.2) is 0 Å². The van der Waals surface area contributed by atoms with Gasteiger partial charge in [0.1, 0.15) is 11.9 Å². The summed E-state index contributed by atoms with van der Waals surface area (Å²) in [5.41, 5.74) is 1.05. The van der Waals surface area contributed by atoms with Gasteiger partial charge in [0.25, 0.3) is 5.91 Å². The maximum Gasteiger partial charge on any atom is 0.414 e. The van der Waals surface area contributed by atoms with Gasteiger partial charge in [0.05, 0.1) is 25.2 Å². The lowest BCUT2D eigenvalue weighted by Crippen LogP contribution is -2.34. The van der Waals surface area contributed by atoms with E-state index in [2.05, 4.69) is 5.32 Å². The molecule has 2 aromatic rings. The van der Waals surface area contributed by atoms with E-state index in [0.29, 0.717) is 33.6 Å². The van der Waals surface area contributed by atoms with E-state index in [-0.39, 0.29) is 12.5 Å². The van der Waals surface area contributed by atoms with Gasteiger partial charge in [-0.3, -0.25) is 9.69 Å². The molecule has 1 fully saturated rings. The predicted molar refractivity (Wildman–Crippen MR) is 99.4 cm³/mol. The number of benzene rings is 2. The molecule has 0 aliphatic carbocycles. The Balaban J connectivity index is 1.61. The van der Waals surface area contributed by atoms with E-state index in [1.807, 2.05) is 0 Å². The Bertz CT molecular complexity index is 844. The summed E-state index contributed by atoms with van der Waals surface area (Å²) in [4.78, 5) is 25.7. The Labute approximate surface area is 160 Å². The maximum absolute atomic E-state index is 12.1. The van der Waals surface area contributed by atoms with E-state index in [4.69, 9.17) is 32.7 Å². The Morgan fingerprint density at radius 3 is 2.81 bits per heavy atom. The number of carbonyl (C=O) groups is 2. The lowest BCUT2D eigenvalue weighted by molar-refractivity contribution is 0.0916. The van der Waals surface area contributed by atoms with E-state index in [0.717, 1.165) is 0 Å². The minimum atomic E-state index is -0.492. The highest BCUT2D eigenvalue weighted by atomic mass is 35.5. The molecule has 6 nitrogen and oxygen atoms in total. The van der Waals surface area contributed by atoms with Crippen molar-refractivity contribution in [2.75, 3.05) is 25.1 Å². The summed E-state index contributed by atoms with van der Waals surface area (Å²) in [5.74, 6) is 0.239. The van der Waals surface area contributed by atoms with Gasteiger partial charge in [-0.2, -0.15) is 0 Å². The maximum atomic E-state index is 12.1. The van der Waals surface area contributed by atoms with Crippen molar-refractivity contribution in [3.8, 4) is 5.75 Å². The van der Waals surface area contributed by atoms with E-state index in [9.17, 15) is 9.59 Å². The van der Waals surface area contributed by atoms with Crippen LogP contribution in [0.3, 0.4) is 0 Å². The molecule has 3 rings (SSSR count). The van der Waals surface area contributed by atoms with Crippen LogP contribution in [0.1, 0.15) is 10.4 Å². The van der Waals surface area contributed by atoms with Crippen LogP contribution in [0.4, 0.5) is 10.5 Å². The van der Waals surface area contributed by atoms with Crippen LogP contribution in [0.2, 0.25) is 10.0 Å². The zero-order chi connectivity index (χ0) is 18.7. The normalized spacial score (nSPS) is 16.3. The summed E-state index contributed by atoms with van der Waals surface area (Å²) in [5, 5.41) is 3.62. The second kappa shape index (κ2) is 7.85. The molecule has 0 radical (unpaired) electrons.